The molecule has 1 amide bonds. The molecule has 1 N–H and O–H groups in total. The van der Waals surface area contributed by atoms with Crippen LogP contribution in [0, 0.1) is 0 Å². The van der Waals surface area contributed by atoms with Crippen LogP contribution in [0.4, 0.5) is 0 Å². The van der Waals surface area contributed by atoms with Crippen molar-refractivity contribution in [3.05, 3.63) is 39.9 Å². The van der Waals surface area contributed by atoms with Crippen molar-refractivity contribution in [2.45, 2.75) is 65.1 Å². The summed E-state index contributed by atoms with van der Waals surface area (Å²) in [5, 5.41) is 3.21. The highest BCUT2D eigenvalue weighted by Gasteiger charge is 2.36. The van der Waals surface area contributed by atoms with Gasteiger partial charge in [0, 0.05) is 18.7 Å². The molecule has 0 heterocycles. The van der Waals surface area contributed by atoms with E-state index in [2.05, 4.69) is 45.8 Å². The Bertz CT molecular complexity index is 804. The molecule has 0 fully saturated rings. The highest BCUT2D eigenvalue weighted by molar-refractivity contribution is 6.74. The van der Waals surface area contributed by atoms with E-state index in [9.17, 15) is 9.59 Å². The molecule has 0 spiro atoms. The molecule has 0 aliphatic heterocycles. The predicted octanol–water partition coefficient (Wildman–Crippen LogP) is 6.44. The first-order valence-electron chi connectivity index (χ1n) is 10.6. The van der Waals surface area contributed by atoms with Crippen molar-refractivity contribution in [3.8, 4) is 5.75 Å². The van der Waals surface area contributed by atoms with Crippen LogP contribution < -0.4 is 10.1 Å². The highest BCUT2D eigenvalue weighted by Crippen LogP contribution is 2.37. The van der Waals surface area contributed by atoms with E-state index in [1.54, 1.807) is 0 Å². The molecule has 1 aromatic rings. The third kappa shape index (κ3) is 8.26. The lowest BCUT2D eigenvalue weighted by atomic mass is 10.0. The zero-order chi connectivity index (χ0) is 23.8. The first kappa shape index (κ1) is 27.7. The van der Waals surface area contributed by atoms with Crippen LogP contribution >= 0.6 is 23.2 Å². The third-order valence-electron chi connectivity index (χ3n) is 5.56. The quantitative estimate of drug-likeness (QED) is 0.159. The number of amides is 1. The fourth-order valence-electron chi connectivity index (χ4n) is 2.36. The lowest BCUT2D eigenvalue weighted by molar-refractivity contribution is -0.123. The number of hydrogen-bond donors (Lipinski definition) is 1. The molecule has 5 nitrogen and oxygen atoms in total. The monoisotopic (exact) mass is 487 g/mol. The van der Waals surface area contributed by atoms with Crippen molar-refractivity contribution in [1.82, 2.24) is 5.32 Å². The van der Waals surface area contributed by atoms with E-state index in [0.29, 0.717) is 25.1 Å². The second kappa shape index (κ2) is 12.0. The van der Waals surface area contributed by atoms with Gasteiger partial charge in [0.2, 0.25) is 0 Å². The number of halogens is 2. The van der Waals surface area contributed by atoms with Gasteiger partial charge in [0.15, 0.2) is 20.7 Å². The highest BCUT2D eigenvalue weighted by atomic mass is 35.5. The van der Waals surface area contributed by atoms with Crippen LogP contribution in [0.1, 0.15) is 57.3 Å². The first-order chi connectivity index (χ1) is 14.3. The minimum absolute atomic E-state index is 0.0981. The van der Waals surface area contributed by atoms with Crippen molar-refractivity contribution >= 4 is 43.2 Å². The van der Waals surface area contributed by atoms with Crippen LogP contribution in [0.25, 0.3) is 0 Å². The Morgan fingerprint density at radius 1 is 1.13 bits per heavy atom. The lowest BCUT2D eigenvalue weighted by Crippen LogP contribution is -2.41. The van der Waals surface area contributed by atoms with E-state index in [4.69, 9.17) is 32.4 Å². The van der Waals surface area contributed by atoms with Gasteiger partial charge in [-0.1, -0.05) is 57.5 Å². The van der Waals surface area contributed by atoms with Crippen molar-refractivity contribution < 1.29 is 18.8 Å². The summed E-state index contributed by atoms with van der Waals surface area (Å²) in [6.07, 6.45) is 2.23. The molecule has 1 rings (SSSR count). The Balaban J connectivity index is 2.42. The van der Waals surface area contributed by atoms with Crippen molar-refractivity contribution in [1.29, 1.82) is 0 Å². The van der Waals surface area contributed by atoms with Gasteiger partial charge in [-0.3, -0.25) is 9.59 Å². The van der Waals surface area contributed by atoms with Crippen LogP contribution in [-0.2, 0) is 9.22 Å². The maximum Gasteiger partial charge on any atom is 0.257 e. The number of benzene rings is 1. The van der Waals surface area contributed by atoms with Crippen LogP contribution in [0.2, 0.25) is 28.2 Å². The zero-order valence-electron chi connectivity index (χ0n) is 19.5. The molecule has 31 heavy (non-hydrogen) atoms. The molecule has 1 aromatic carbocycles. The fraction of sp³-hybridized carbons (Fsp3) is 0.565. The smallest absolute Gasteiger partial charge is 0.257 e. The number of allylic oxidation sites excluding steroid dienone is 1. The first-order valence-corrected chi connectivity index (χ1v) is 14.2. The zero-order valence-corrected chi connectivity index (χ0v) is 22.0. The maximum atomic E-state index is 12.3. The summed E-state index contributed by atoms with van der Waals surface area (Å²) < 4.78 is 11.6. The third-order valence-corrected chi connectivity index (χ3v) is 11.0. The largest absolute Gasteiger partial charge is 0.482 e. The Kier molecular flexibility index (Phi) is 10.8. The molecule has 0 saturated heterocycles. The van der Waals surface area contributed by atoms with E-state index < -0.39 is 8.32 Å². The molecule has 0 aromatic heterocycles. The Labute approximate surface area is 197 Å². The van der Waals surface area contributed by atoms with Gasteiger partial charge in [0.05, 0.1) is 5.02 Å². The summed E-state index contributed by atoms with van der Waals surface area (Å²) in [5.74, 6) is -0.253. The molecule has 0 atom stereocenters. The van der Waals surface area contributed by atoms with Gasteiger partial charge >= 0.3 is 0 Å². The van der Waals surface area contributed by atoms with Gasteiger partial charge in [0.1, 0.15) is 10.8 Å². The van der Waals surface area contributed by atoms with E-state index in [-0.39, 0.29) is 44.7 Å². The number of carbonyl (C=O) groups excluding carboxylic acids is 2. The SMILES string of the molecule is C=C(CC)C(=O)c1ccc(OCC(=O)NCCCCO[Si](C)(C)C(C)(C)C)c(Cl)c1Cl. The molecule has 8 heteroatoms. The van der Waals surface area contributed by atoms with Crippen LogP contribution in [-0.4, -0.2) is 39.8 Å². The van der Waals surface area contributed by atoms with Crippen molar-refractivity contribution in [2.75, 3.05) is 19.8 Å². The summed E-state index contributed by atoms with van der Waals surface area (Å²) in [6.45, 7) is 17.7. The van der Waals surface area contributed by atoms with Crippen molar-refractivity contribution in [3.63, 3.8) is 0 Å². The van der Waals surface area contributed by atoms with Gasteiger partial charge in [-0.25, -0.2) is 0 Å². The number of ketones is 1. The van der Waals surface area contributed by atoms with E-state index >= 15 is 0 Å². The van der Waals surface area contributed by atoms with E-state index in [1.165, 1.54) is 12.1 Å². The normalized spacial score (nSPS) is 11.9. The average molecular weight is 489 g/mol. The molecule has 0 unspecified atom stereocenters. The summed E-state index contributed by atoms with van der Waals surface area (Å²) in [5.41, 5.74) is 0.718. The Morgan fingerprint density at radius 2 is 1.77 bits per heavy atom. The van der Waals surface area contributed by atoms with Gasteiger partial charge in [-0.05, 0) is 55.1 Å². The second-order valence-corrected chi connectivity index (χ2v) is 14.5. The second-order valence-electron chi connectivity index (χ2n) is 8.98. The van der Waals surface area contributed by atoms with Crippen LogP contribution in [0.3, 0.4) is 0 Å². The molecule has 0 aliphatic carbocycles. The molecule has 0 radical (unpaired) electrons. The number of ether oxygens (including phenoxy) is 1. The van der Waals surface area contributed by atoms with Gasteiger partial charge in [0.25, 0.3) is 5.91 Å². The molecule has 0 saturated carbocycles. The number of rotatable bonds is 12. The van der Waals surface area contributed by atoms with Crippen LogP contribution in [0.5, 0.6) is 5.75 Å². The summed E-state index contributed by atoms with van der Waals surface area (Å²) in [4.78, 5) is 24.3. The molecule has 0 bridgehead atoms. The predicted molar refractivity (Wildman–Crippen MR) is 131 cm³/mol. The molecular formula is C23H35Cl2NO4Si. The number of unbranched alkanes of at least 4 members (excludes halogenated alkanes) is 1. The standard InChI is InChI=1S/C23H35Cl2NO4Si/c1-8-16(2)22(28)17-11-12-18(21(25)20(17)24)29-15-19(27)26-13-9-10-14-30-31(6,7)23(3,4)5/h11-12H,2,8-10,13-15H2,1,3-7H3,(H,26,27). The molecular weight excluding hydrogens is 453 g/mol. The summed E-state index contributed by atoms with van der Waals surface area (Å²) in [6, 6.07) is 3.07. The van der Waals surface area contributed by atoms with Gasteiger partial charge in [-0.15, -0.1) is 0 Å². The number of Topliss-reactive ketones (excluding diaryl/α,β-unsaturated/α-hetero) is 1. The number of hydrogen-bond acceptors (Lipinski definition) is 4. The molecule has 174 valence electrons. The maximum absolute atomic E-state index is 12.3. The lowest BCUT2D eigenvalue weighted by Gasteiger charge is -2.36. The Hall–Kier alpha value is -1.34. The van der Waals surface area contributed by atoms with Gasteiger partial charge in [-0.2, -0.15) is 0 Å². The van der Waals surface area contributed by atoms with E-state index in [0.717, 1.165) is 12.8 Å². The number of carbonyl (C=O) groups is 2. The Morgan fingerprint density at radius 3 is 2.35 bits per heavy atom. The fourth-order valence-corrected chi connectivity index (χ4v) is 3.91. The van der Waals surface area contributed by atoms with Crippen molar-refractivity contribution in [2.24, 2.45) is 0 Å². The number of nitrogens with one attached hydrogen (secondary N) is 1. The molecule has 0 aliphatic rings. The minimum Gasteiger partial charge on any atom is -0.482 e. The topological polar surface area (TPSA) is 64.6 Å². The van der Waals surface area contributed by atoms with Gasteiger partial charge < -0.3 is 14.5 Å². The average Bonchev–Trinajstić information content (AvgIpc) is 2.69. The van der Waals surface area contributed by atoms with Crippen LogP contribution in [0.15, 0.2) is 24.3 Å². The summed E-state index contributed by atoms with van der Waals surface area (Å²) in [7, 11) is -1.72. The van der Waals surface area contributed by atoms with E-state index in [1.807, 2.05) is 6.92 Å². The summed E-state index contributed by atoms with van der Waals surface area (Å²) >= 11 is 12.4. The minimum atomic E-state index is -1.72.